The van der Waals surface area contributed by atoms with Gasteiger partial charge in [0.1, 0.15) is 5.69 Å². The Kier molecular flexibility index (Phi) is 1.39. The van der Waals surface area contributed by atoms with Gasteiger partial charge < -0.3 is 22.1 Å². The third kappa shape index (κ3) is 0.969. The normalized spacial score (nSPS) is 14.3. The third-order valence-electron chi connectivity index (χ3n) is 1.67. The van der Waals surface area contributed by atoms with Crippen molar-refractivity contribution in [2.75, 3.05) is 35.2 Å². The number of nitrogen functional groups attached to an aromatic ring is 2. The summed E-state index contributed by atoms with van der Waals surface area (Å²) in [6.45, 7) is 1.65. The molecule has 2 rings (SSSR count). The van der Waals surface area contributed by atoms with E-state index in [1.807, 2.05) is 0 Å². The fraction of sp³-hybridized carbons (Fsp3) is 0.333. The number of nitrogens with one attached hydrogen (secondary N) is 2. The Morgan fingerprint density at radius 3 is 2.67 bits per heavy atom. The smallest absolute Gasteiger partial charge is 0.224 e. The van der Waals surface area contributed by atoms with Crippen LogP contribution in [-0.2, 0) is 0 Å². The lowest BCUT2D eigenvalue weighted by molar-refractivity contribution is 1.01. The van der Waals surface area contributed by atoms with Crippen LogP contribution in [0.3, 0.4) is 0 Å². The SMILES string of the molecule is Nc1nc(N)c2c(n1)NCCN2. The maximum absolute atomic E-state index is 5.61. The van der Waals surface area contributed by atoms with Gasteiger partial charge in [0.15, 0.2) is 11.6 Å². The Morgan fingerprint density at radius 1 is 1.08 bits per heavy atom. The fourth-order valence-corrected chi connectivity index (χ4v) is 1.17. The number of nitrogens with two attached hydrogens (primary N) is 2. The van der Waals surface area contributed by atoms with Crippen LogP contribution in [0.15, 0.2) is 0 Å². The molecule has 0 amide bonds. The van der Waals surface area contributed by atoms with E-state index in [1.165, 1.54) is 0 Å². The van der Waals surface area contributed by atoms with E-state index in [4.69, 9.17) is 11.5 Å². The van der Waals surface area contributed by atoms with Crippen LogP contribution in [-0.4, -0.2) is 23.1 Å². The number of hydrogen-bond acceptors (Lipinski definition) is 6. The van der Waals surface area contributed by atoms with Crippen molar-refractivity contribution in [3.8, 4) is 0 Å². The first-order valence-electron chi connectivity index (χ1n) is 3.68. The maximum Gasteiger partial charge on any atom is 0.224 e. The molecule has 1 aliphatic rings. The Balaban J connectivity index is 2.53. The molecule has 0 radical (unpaired) electrons. The minimum absolute atomic E-state index is 0.197. The lowest BCUT2D eigenvalue weighted by Crippen LogP contribution is -2.23. The van der Waals surface area contributed by atoms with E-state index in [1.54, 1.807) is 0 Å². The second kappa shape index (κ2) is 2.40. The minimum atomic E-state index is 0.197. The zero-order valence-electron chi connectivity index (χ0n) is 6.46. The molecule has 0 atom stereocenters. The molecule has 64 valence electrons. The summed E-state index contributed by atoms with van der Waals surface area (Å²) in [5, 5.41) is 6.16. The lowest BCUT2D eigenvalue weighted by atomic mass is 10.3. The van der Waals surface area contributed by atoms with Gasteiger partial charge in [-0.3, -0.25) is 0 Å². The molecule has 0 bridgehead atoms. The van der Waals surface area contributed by atoms with Crippen molar-refractivity contribution in [3.63, 3.8) is 0 Å². The summed E-state index contributed by atoms with van der Waals surface area (Å²) >= 11 is 0. The predicted molar refractivity (Wildman–Crippen MR) is 47.8 cm³/mol. The first-order chi connectivity index (χ1) is 5.77. The van der Waals surface area contributed by atoms with Crippen molar-refractivity contribution >= 4 is 23.3 Å². The Labute approximate surface area is 69.4 Å². The topological polar surface area (TPSA) is 102 Å². The zero-order valence-corrected chi connectivity index (χ0v) is 6.46. The predicted octanol–water partition coefficient (Wildman–Crippen LogP) is -0.522. The average Bonchev–Trinajstić information content (AvgIpc) is 2.04. The quantitative estimate of drug-likeness (QED) is 0.413. The van der Waals surface area contributed by atoms with Crippen LogP contribution in [0.25, 0.3) is 0 Å². The van der Waals surface area contributed by atoms with Crippen LogP contribution >= 0.6 is 0 Å². The van der Waals surface area contributed by atoms with E-state index in [9.17, 15) is 0 Å². The maximum atomic E-state index is 5.61. The van der Waals surface area contributed by atoms with Gasteiger partial charge in [-0.15, -0.1) is 0 Å². The van der Waals surface area contributed by atoms with Crippen molar-refractivity contribution in [2.24, 2.45) is 0 Å². The number of hydrogen-bond donors (Lipinski definition) is 4. The van der Waals surface area contributed by atoms with Crippen LogP contribution in [0.5, 0.6) is 0 Å². The summed E-state index contributed by atoms with van der Waals surface area (Å²) in [5.74, 6) is 1.28. The highest BCUT2D eigenvalue weighted by Gasteiger charge is 2.13. The molecule has 0 saturated heterocycles. The minimum Gasteiger partial charge on any atom is -0.382 e. The van der Waals surface area contributed by atoms with Gasteiger partial charge in [0.05, 0.1) is 0 Å². The van der Waals surface area contributed by atoms with E-state index in [-0.39, 0.29) is 5.95 Å². The monoisotopic (exact) mass is 166 g/mol. The summed E-state index contributed by atoms with van der Waals surface area (Å²) in [6, 6.07) is 0. The van der Waals surface area contributed by atoms with Gasteiger partial charge in [0.2, 0.25) is 5.95 Å². The van der Waals surface area contributed by atoms with Crippen molar-refractivity contribution in [1.82, 2.24) is 9.97 Å². The number of nitrogens with zero attached hydrogens (tertiary/aromatic N) is 2. The first-order valence-corrected chi connectivity index (χ1v) is 3.68. The second-order valence-electron chi connectivity index (χ2n) is 2.54. The van der Waals surface area contributed by atoms with Gasteiger partial charge in [-0.05, 0) is 0 Å². The molecule has 12 heavy (non-hydrogen) atoms. The number of fused-ring (bicyclic) bond motifs is 1. The Bertz CT molecular complexity index is 309. The zero-order chi connectivity index (χ0) is 8.55. The fourth-order valence-electron chi connectivity index (χ4n) is 1.17. The molecule has 6 nitrogen and oxygen atoms in total. The van der Waals surface area contributed by atoms with E-state index < -0.39 is 0 Å². The molecular weight excluding hydrogens is 156 g/mol. The molecular formula is C6H10N6. The van der Waals surface area contributed by atoms with Gasteiger partial charge in [0, 0.05) is 13.1 Å². The highest BCUT2D eigenvalue weighted by atomic mass is 15.2. The van der Waals surface area contributed by atoms with Crippen LogP contribution in [0.2, 0.25) is 0 Å². The average molecular weight is 166 g/mol. The van der Waals surface area contributed by atoms with Crippen LogP contribution < -0.4 is 22.1 Å². The first kappa shape index (κ1) is 6.96. The van der Waals surface area contributed by atoms with Crippen molar-refractivity contribution in [1.29, 1.82) is 0 Å². The standard InChI is InChI=1S/C6H10N6/c7-4-3-5(10-2-1-9-3)12-6(8)11-4/h9H,1-2H2,(H5,7,8,10,11,12). The van der Waals surface area contributed by atoms with Gasteiger partial charge in [-0.1, -0.05) is 0 Å². The van der Waals surface area contributed by atoms with E-state index in [0.717, 1.165) is 18.8 Å². The Hall–Kier alpha value is -1.72. The van der Waals surface area contributed by atoms with Crippen molar-refractivity contribution < 1.29 is 0 Å². The summed E-state index contributed by atoms with van der Waals surface area (Å²) in [6.07, 6.45) is 0. The van der Waals surface area contributed by atoms with Gasteiger partial charge in [-0.25, -0.2) is 0 Å². The van der Waals surface area contributed by atoms with Crippen LogP contribution in [0, 0.1) is 0 Å². The molecule has 1 aromatic rings. The van der Waals surface area contributed by atoms with E-state index >= 15 is 0 Å². The van der Waals surface area contributed by atoms with Gasteiger partial charge in [-0.2, -0.15) is 9.97 Å². The molecule has 0 fully saturated rings. The summed E-state index contributed by atoms with van der Waals surface area (Å²) in [5.41, 5.74) is 11.8. The second-order valence-corrected chi connectivity index (χ2v) is 2.54. The molecule has 1 aromatic heterocycles. The molecule has 0 saturated carbocycles. The molecule has 2 heterocycles. The number of aromatic nitrogens is 2. The molecule has 1 aliphatic heterocycles. The molecule has 6 heteroatoms. The van der Waals surface area contributed by atoms with E-state index in [2.05, 4.69) is 20.6 Å². The van der Waals surface area contributed by atoms with Crippen LogP contribution in [0.1, 0.15) is 0 Å². The highest BCUT2D eigenvalue weighted by molar-refractivity contribution is 5.78. The van der Waals surface area contributed by atoms with Gasteiger partial charge in [0.25, 0.3) is 0 Å². The summed E-state index contributed by atoms with van der Waals surface area (Å²) < 4.78 is 0. The molecule has 6 N–H and O–H groups in total. The summed E-state index contributed by atoms with van der Waals surface area (Å²) in [4.78, 5) is 7.82. The number of anilines is 4. The lowest BCUT2D eigenvalue weighted by Gasteiger charge is -2.19. The number of rotatable bonds is 0. The largest absolute Gasteiger partial charge is 0.382 e. The highest BCUT2D eigenvalue weighted by Crippen LogP contribution is 2.27. The molecule has 0 unspecified atom stereocenters. The van der Waals surface area contributed by atoms with E-state index in [0.29, 0.717) is 11.6 Å². The molecule has 0 aromatic carbocycles. The summed E-state index contributed by atoms with van der Waals surface area (Å²) in [7, 11) is 0. The molecule has 0 spiro atoms. The van der Waals surface area contributed by atoms with Gasteiger partial charge >= 0.3 is 0 Å². The third-order valence-corrected chi connectivity index (χ3v) is 1.67. The van der Waals surface area contributed by atoms with Crippen LogP contribution in [0.4, 0.5) is 23.3 Å². The molecule has 0 aliphatic carbocycles. The van der Waals surface area contributed by atoms with Crippen molar-refractivity contribution in [3.05, 3.63) is 0 Å². The Morgan fingerprint density at radius 2 is 1.83 bits per heavy atom. The van der Waals surface area contributed by atoms with Crippen molar-refractivity contribution in [2.45, 2.75) is 0 Å².